The van der Waals surface area contributed by atoms with Crippen LogP contribution in [0.15, 0.2) is 83.8 Å². The zero-order valence-electron chi connectivity index (χ0n) is 14.5. The van der Waals surface area contributed by atoms with E-state index in [1.165, 1.54) is 18.5 Å². The maximum Gasteiger partial charge on any atom is 0.268 e. The van der Waals surface area contributed by atoms with Crippen LogP contribution in [0.1, 0.15) is 0 Å². The summed E-state index contributed by atoms with van der Waals surface area (Å²) in [6.07, 6.45) is 0. The van der Waals surface area contributed by atoms with Crippen LogP contribution in [0.2, 0.25) is 0 Å². The van der Waals surface area contributed by atoms with E-state index in [-0.39, 0.29) is 4.90 Å². The molecule has 0 saturated carbocycles. The van der Waals surface area contributed by atoms with Crippen LogP contribution >= 0.6 is 0 Å². The van der Waals surface area contributed by atoms with Gasteiger partial charge in [-0.25, -0.2) is 12.7 Å². The van der Waals surface area contributed by atoms with Crippen LogP contribution in [-0.2, 0) is 10.0 Å². The number of hydrogen-bond acceptors (Lipinski definition) is 4. The fourth-order valence-electron chi connectivity index (χ4n) is 2.68. The van der Waals surface area contributed by atoms with Crippen molar-refractivity contribution in [3.8, 4) is 11.5 Å². The van der Waals surface area contributed by atoms with Gasteiger partial charge in [-0.1, -0.05) is 42.5 Å². The third-order valence-corrected chi connectivity index (χ3v) is 5.63. The van der Waals surface area contributed by atoms with E-state index < -0.39 is 10.0 Å². The molecule has 0 aliphatic carbocycles. The highest BCUT2D eigenvalue weighted by molar-refractivity contribution is 7.93. The smallest absolute Gasteiger partial charge is 0.268 e. The van der Waals surface area contributed by atoms with Crippen LogP contribution in [0.25, 0.3) is 0 Å². The van der Waals surface area contributed by atoms with E-state index in [1.807, 2.05) is 0 Å². The summed E-state index contributed by atoms with van der Waals surface area (Å²) in [5.41, 5.74) is 0.812. The number of para-hydroxylation sites is 4. The fourth-order valence-corrected chi connectivity index (χ4v) is 4.21. The largest absolute Gasteiger partial charge is 0.495 e. The first-order valence-corrected chi connectivity index (χ1v) is 9.40. The van der Waals surface area contributed by atoms with E-state index in [2.05, 4.69) is 0 Å². The van der Waals surface area contributed by atoms with Crippen LogP contribution < -0.4 is 13.8 Å². The van der Waals surface area contributed by atoms with Gasteiger partial charge in [-0.2, -0.15) is 0 Å². The normalized spacial score (nSPS) is 11.0. The van der Waals surface area contributed by atoms with Gasteiger partial charge in [0, 0.05) is 0 Å². The first kappa shape index (κ1) is 17.8. The molecule has 3 aromatic rings. The molecule has 6 heteroatoms. The van der Waals surface area contributed by atoms with E-state index in [0.717, 1.165) is 0 Å². The molecular formula is C20H19NO4S. The third-order valence-electron chi connectivity index (χ3n) is 3.89. The Kier molecular flexibility index (Phi) is 5.14. The van der Waals surface area contributed by atoms with E-state index >= 15 is 0 Å². The molecule has 0 N–H and O–H groups in total. The van der Waals surface area contributed by atoms with Crippen molar-refractivity contribution in [1.29, 1.82) is 0 Å². The minimum Gasteiger partial charge on any atom is -0.495 e. The van der Waals surface area contributed by atoms with Crippen molar-refractivity contribution in [2.75, 3.05) is 18.5 Å². The van der Waals surface area contributed by atoms with Gasteiger partial charge in [-0.05, 0) is 36.4 Å². The molecule has 0 bridgehead atoms. The van der Waals surface area contributed by atoms with Gasteiger partial charge >= 0.3 is 0 Å². The summed E-state index contributed by atoms with van der Waals surface area (Å²) in [7, 11) is -0.882. The average Bonchev–Trinajstić information content (AvgIpc) is 2.69. The lowest BCUT2D eigenvalue weighted by Gasteiger charge is -2.27. The molecule has 0 atom stereocenters. The molecule has 0 aliphatic heterocycles. The second-order valence-corrected chi connectivity index (χ2v) is 7.21. The molecule has 0 aromatic heterocycles. The summed E-state index contributed by atoms with van der Waals surface area (Å²) in [4.78, 5) is 0.178. The van der Waals surface area contributed by atoms with E-state index in [4.69, 9.17) is 9.47 Å². The maximum atomic E-state index is 13.5. The zero-order valence-corrected chi connectivity index (χ0v) is 15.3. The lowest BCUT2D eigenvalue weighted by Crippen LogP contribution is -2.27. The van der Waals surface area contributed by atoms with Gasteiger partial charge in [0.2, 0.25) is 0 Å². The molecule has 0 spiro atoms. The summed E-state index contributed by atoms with van der Waals surface area (Å²) in [6.45, 7) is 0. The third kappa shape index (κ3) is 3.23. The van der Waals surface area contributed by atoms with Crippen molar-refractivity contribution in [2.45, 2.75) is 4.90 Å². The molecule has 0 fully saturated rings. The molecule has 134 valence electrons. The second kappa shape index (κ2) is 7.49. The molecule has 26 heavy (non-hydrogen) atoms. The van der Waals surface area contributed by atoms with Gasteiger partial charge < -0.3 is 9.47 Å². The first-order chi connectivity index (χ1) is 12.6. The lowest BCUT2D eigenvalue weighted by atomic mass is 10.2. The molecule has 0 amide bonds. The van der Waals surface area contributed by atoms with Crippen molar-refractivity contribution in [2.24, 2.45) is 0 Å². The number of nitrogens with zero attached hydrogens (tertiary/aromatic N) is 1. The quantitative estimate of drug-likeness (QED) is 0.652. The minimum atomic E-state index is -3.90. The number of sulfonamides is 1. The summed E-state index contributed by atoms with van der Waals surface area (Å²) in [5.74, 6) is 0.885. The van der Waals surface area contributed by atoms with Crippen LogP contribution in [0.5, 0.6) is 11.5 Å². The average molecular weight is 369 g/mol. The van der Waals surface area contributed by atoms with Crippen LogP contribution in [0, 0.1) is 0 Å². The number of anilines is 2. The molecule has 0 heterocycles. The summed E-state index contributed by atoms with van der Waals surface area (Å²) in [5, 5.41) is 0. The topological polar surface area (TPSA) is 55.8 Å². The Balaban J connectivity index is 2.30. The highest BCUT2D eigenvalue weighted by atomic mass is 32.2. The van der Waals surface area contributed by atoms with Gasteiger partial charge in [0.05, 0.1) is 30.5 Å². The Morgan fingerprint density at radius 3 is 1.54 bits per heavy atom. The van der Waals surface area contributed by atoms with Gasteiger partial charge in [0.25, 0.3) is 10.0 Å². The molecule has 0 aliphatic rings. The van der Waals surface area contributed by atoms with Crippen LogP contribution in [0.3, 0.4) is 0 Å². The van der Waals surface area contributed by atoms with Crippen molar-refractivity contribution in [3.63, 3.8) is 0 Å². The predicted molar refractivity (Wildman–Crippen MR) is 102 cm³/mol. The molecule has 3 rings (SSSR count). The fraction of sp³-hybridized carbons (Fsp3) is 0.100. The van der Waals surface area contributed by atoms with Crippen LogP contribution in [0.4, 0.5) is 11.4 Å². The van der Waals surface area contributed by atoms with Crippen molar-refractivity contribution in [1.82, 2.24) is 0 Å². The maximum absolute atomic E-state index is 13.5. The number of rotatable bonds is 6. The molecule has 0 saturated heterocycles. The Morgan fingerprint density at radius 2 is 1.08 bits per heavy atom. The number of hydrogen-bond donors (Lipinski definition) is 0. The Morgan fingerprint density at radius 1 is 0.654 bits per heavy atom. The standard InChI is InChI=1S/C20H19NO4S/c1-24-19-14-8-6-12-17(19)21(18-13-7-9-15-20(18)25-2)26(22,23)16-10-4-3-5-11-16/h3-15H,1-2H3. The number of ether oxygens (including phenoxy) is 2. The Bertz CT molecular complexity index is 940. The van der Waals surface area contributed by atoms with Gasteiger partial charge in [-0.15, -0.1) is 0 Å². The van der Waals surface area contributed by atoms with E-state index in [0.29, 0.717) is 22.9 Å². The van der Waals surface area contributed by atoms with Crippen molar-refractivity contribution in [3.05, 3.63) is 78.9 Å². The van der Waals surface area contributed by atoms with Gasteiger partial charge in [0.1, 0.15) is 11.5 Å². The Hall–Kier alpha value is -2.99. The number of methoxy groups -OCH3 is 2. The summed E-state index contributed by atoms with van der Waals surface area (Å²) in [6, 6.07) is 22.2. The SMILES string of the molecule is COc1ccccc1N(c1ccccc1OC)S(=O)(=O)c1ccccc1. The highest BCUT2D eigenvalue weighted by Gasteiger charge is 2.30. The summed E-state index contributed by atoms with van der Waals surface area (Å²) < 4.78 is 39.0. The van der Waals surface area contributed by atoms with Crippen LogP contribution in [-0.4, -0.2) is 22.6 Å². The molecule has 0 unspecified atom stereocenters. The highest BCUT2D eigenvalue weighted by Crippen LogP contribution is 2.42. The minimum absolute atomic E-state index is 0.178. The summed E-state index contributed by atoms with van der Waals surface area (Å²) >= 11 is 0. The lowest BCUT2D eigenvalue weighted by molar-refractivity contribution is 0.413. The van der Waals surface area contributed by atoms with Crippen molar-refractivity contribution >= 4 is 21.4 Å². The van der Waals surface area contributed by atoms with Gasteiger partial charge in [-0.3, -0.25) is 0 Å². The molecule has 0 radical (unpaired) electrons. The number of benzene rings is 3. The molecular weight excluding hydrogens is 350 g/mol. The first-order valence-electron chi connectivity index (χ1n) is 7.96. The zero-order chi connectivity index (χ0) is 18.6. The van der Waals surface area contributed by atoms with E-state index in [1.54, 1.807) is 78.9 Å². The predicted octanol–water partition coefficient (Wildman–Crippen LogP) is 4.23. The van der Waals surface area contributed by atoms with E-state index in [9.17, 15) is 8.42 Å². The molecule has 5 nitrogen and oxygen atoms in total. The van der Waals surface area contributed by atoms with Crippen molar-refractivity contribution < 1.29 is 17.9 Å². The second-order valence-electron chi connectivity index (χ2n) is 5.43. The monoisotopic (exact) mass is 369 g/mol. The van der Waals surface area contributed by atoms with Gasteiger partial charge in [0.15, 0.2) is 0 Å². The molecule has 3 aromatic carbocycles. The Labute approximate surface area is 153 Å².